The third kappa shape index (κ3) is 4.85. The van der Waals surface area contributed by atoms with E-state index in [1.807, 2.05) is 11.4 Å². The summed E-state index contributed by atoms with van der Waals surface area (Å²) in [6.07, 6.45) is 0. The molecule has 0 saturated heterocycles. The highest BCUT2D eigenvalue weighted by Gasteiger charge is 2.21. The summed E-state index contributed by atoms with van der Waals surface area (Å²) >= 11 is 1.41. The number of amides is 1. The molecule has 1 heterocycles. The molecular formula is C12H18N2O3S. The zero-order valence-corrected chi connectivity index (χ0v) is 11.5. The van der Waals surface area contributed by atoms with Crippen molar-refractivity contribution in [3.63, 3.8) is 0 Å². The van der Waals surface area contributed by atoms with Gasteiger partial charge in [-0.1, -0.05) is 6.07 Å². The number of primary amides is 1. The van der Waals surface area contributed by atoms with Crippen LogP contribution < -0.4 is 11.1 Å². The number of thiophene rings is 1. The quantitative estimate of drug-likeness (QED) is 0.788. The number of esters is 1. The van der Waals surface area contributed by atoms with Gasteiger partial charge in [-0.2, -0.15) is 0 Å². The molecule has 0 aliphatic heterocycles. The van der Waals surface area contributed by atoms with Crippen molar-refractivity contribution in [3.8, 4) is 0 Å². The maximum Gasteiger partial charge on any atom is 0.320 e. The van der Waals surface area contributed by atoms with Crippen LogP contribution in [0.15, 0.2) is 17.5 Å². The number of nitrogens with one attached hydrogen (secondary N) is 1. The van der Waals surface area contributed by atoms with E-state index in [1.165, 1.54) is 11.3 Å². The summed E-state index contributed by atoms with van der Waals surface area (Å²) in [7, 11) is 0. The molecule has 0 aliphatic carbocycles. The second kappa shape index (κ2) is 5.97. The van der Waals surface area contributed by atoms with Crippen molar-refractivity contribution in [1.82, 2.24) is 5.32 Å². The fourth-order valence-electron chi connectivity index (χ4n) is 1.36. The molecule has 1 rings (SSSR count). The van der Waals surface area contributed by atoms with Crippen molar-refractivity contribution in [2.45, 2.75) is 32.4 Å². The van der Waals surface area contributed by atoms with E-state index in [1.54, 1.807) is 26.8 Å². The molecule has 6 heteroatoms. The predicted molar refractivity (Wildman–Crippen MR) is 70.1 cm³/mol. The maximum atomic E-state index is 11.5. The van der Waals surface area contributed by atoms with Gasteiger partial charge in [-0.25, -0.2) is 0 Å². The van der Waals surface area contributed by atoms with Crippen LogP contribution in [0, 0.1) is 0 Å². The van der Waals surface area contributed by atoms with Crippen molar-refractivity contribution in [1.29, 1.82) is 0 Å². The number of nitrogens with two attached hydrogens (primary N) is 1. The molecule has 1 unspecified atom stereocenters. The minimum Gasteiger partial charge on any atom is -0.459 e. The van der Waals surface area contributed by atoms with Gasteiger partial charge in [-0.15, -0.1) is 11.3 Å². The van der Waals surface area contributed by atoms with Gasteiger partial charge in [0.2, 0.25) is 5.91 Å². The van der Waals surface area contributed by atoms with E-state index in [2.05, 4.69) is 5.32 Å². The minimum absolute atomic E-state index is 0.0528. The minimum atomic E-state index is -0.655. The lowest BCUT2D eigenvalue weighted by Gasteiger charge is -2.20. The van der Waals surface area contributed by atoms with Crippen molar-refractivity contribution in [3.05, 3.63) is 22.4 Å². The van der Waals surface area contributed by atoms with Gasteiger partial charge in [0.05, 0.1) is 6.54 Å². The van der Waals surface area contributed by atoms with Crippen LogP contribution in [0.4, 0.5) is 0 Å². The molecule has 1 atom stereocenters. The number of rotatable bonds is 5. The topological polar surface area (TPSA) is 81.4 Å². The third-order valence-corrected chi connectivity index (χ3v) is 2.92. The van der Waals surface area contributed by atoms with Crippen LogP contribution in [0.5, 0.6) is 0 Å². The van der Waals surface area contributed by atoms with Crippen molar-refractivity contribution in [2.75, 3.05) is 6.54 Å². The van der Waals surface area contributed by atoms with Gasteiger partial charge in [-0.05, 0) is 32.2 Å². The largest absolute Gasteiger partial charge is 0.459 e. The van der Waals surface area contributed by atoms with Gasteiger partial charge >= 0.3 is 5.97 Å². The number of ether oxygens (including phenoxy) is 1. The summed E-state index contributed by atoms with van der Waals surface area (Å²) in [6, 6.07) is 2.96. The zero-order chi connectivity index (χ0) is 13.8. The Hall–Kier alpha value is -1.40. The lowest BCUT2D eigenvalue weighted by atomic mass is 10.2. The van der Waals surface area contributed by atoms with E-state index in [4.69, 9.17) is 10.5 Å². The van der Waals surface area contributed by atoms with E-state index < -0.39 is 23.5 Å². The highest BCUT2D eigenvalue weighted by Crippen LogP contribution is 2.18. The molecule has 18 heavy (non-hydrogen) atoms. The van der Waals surface area contributed by atoms with Crippen LogP contribution in [0.2, 0.25) is 0 Å². The second-order valence-electron chi connectivity index (χ2n) is 4.82. The third-order valence-electron chi connectivity index (χ3n) is 1.98. The van der Waals surface area contributed by atoms with Crippen LogP contribution in [-0.4, -0.2) is 24.0 Å². The highest BCUT2D eigenvalue weighted by atomic mass is 32.1. The van der Waals surface area contributed by atoms with Gasteiger partial charge in [0.15, 0.2) is 0 Å². The van der Waals surface area contributed by atoms with Crippen molar-refractivity contribution in [2.24, 2.45) is 5.73 Å². The molecule has 5 nitrogen and oxygen atoms in total. The molecule has 1 amide bonds. The van der Waals surface area contributed by atoms with E-state index in [0.717, 1.165) is 4.88 Å². The predicted octanol–water partition coefficient (Wildman–Crippen LogP) is 1.21. The lowest BCUT2D eigenvalue weighted by molar-refractivity contribution is -0.153. The van der Waals surface area contributed by atoms with E-state index in [-0.39, 0.29) is 6.54 Å². The number of carbonyl (C=O) groups excluding carboxylic acids is 2. The monoisotopic (exact) mass is 270 g/mol. The van der Waals surface area contributed by atoms with Crippen LogP contribution in [0.3, 0.4) is 0 Å². The van der Waals surface area contributed by atoms with Gasteiger partial charge in [0, 0.05) is 4.88 Å². The number of hydrogen-bond acceptors (Lipinski definition) is 5. The normalized spacial score (nSPS) is 13.1. The number of hydrogen-bond donors (Lipinski definition) is 2. The Labute approximate surface area is 110 Å². The van der Waals surface area contributed by atoms with Gasteiger partial charge < -0.3 is 10.5 Å². The Bertz CT molecular complexity index is 409. The summed E-state index contributed by atoms with van der Waals surface area (Å²) in [4.78, 5) is 23.6. The molecule has 0 radical (unpaired) electrons. The average molecular weight is 270 g/mol. The summed E-state index contributed by atoms with van der Waals surface area (Å²) in [5, 5.41) is 4.65. The fourth-order valence-corrected chi connectivity index (χ4v) is 2.17. The molecule has 0 bridgehead atoms. The van der Waals surface area contributed by atoms with E-state index in [9.17, 15) is 9.59 Å². The first kappa shape index (κ1) is 14.7. The first-order chi connectivity index (χ1) is 8.29. The Morgan fingerprint density at radius 1 is 1.50 bits per heavy atom. The number of carbonyl (C=O) groups is 2. The molecule has 0 fully saturated rings. The van der Waals surface area contributed by atoms with Crippen LogP contribution in [-0.2, 0) is 14.3 Å². The van der Waals surface area contributed by atoms with Gasteiger partial charge in [-0.3, -0.25) is 14.9 Å². The van der Waals surface area contributed by atoms with E-state index in [0.29, 0.717) is 0 Å². The smallest absolute Gasteiger partial charge is 0.320 e. The summed E-state index contributed by atoms with van der Waals surface area (Å²) in [5.41, 5.74) is 4.76. The van der Waals surface area contributed by atoms with Gasteiger partial charge in [0.1, 0.15) is 11.6 Å². The molecule has 1 aromatic heterocycles. The molecular weight excluding hydrogens is 252 g/mol. The molecule has 0 aliphatic rings. The highest BCUT2D eigenvalue weighted by molar-refractivity contribution is 7.10. The van der Waals surface area contributed by atoms with Crippen molar-refractivity contribution >= 4 is 23.2 Å². The second-order valence-corrected chi connectivity index (χ2v) is 5.80. The van der Waals surface area contributed by atoms with Crippen LogP contribution in [0.25, 0.3) is 0 Å². The summed E-state index contributed by atoms with van der Waals surface area (Å²) in [6.45, 7) is 5.31. The standard InChI is InChI=1S/C12H18N2O3S/c1-12(2,3)17-9(15)7-14-10(11(13)16)8-5-4-6-18-8/h4-6,10,14H,7H2,1-3H3,(H2,13,16). The van der Waals surface area contributed by atoms with E-state index >= 15 is 0 Å². The Kier molecular flexibility index (Phi) is 4.86. The summed E-state index contributed by atoms with van der Waals surface area (Å²) < 4.78 is 5.14. The zero-order valence-electron chi connectivity index (χ0n) is 10.7. The SMILES string of the molecule is CC(C)(C)OC(=O)CNC(C(N)=O)c1cccs1. The van der Waals surface area contributed by atoms with Crippen LogP contribution >= 0.6 is 11.3 Å². The van der Waals surface area contributed by atoms with Gasteiger partial charge in [0.25, 0.3) is 0 Å². The molecule has 3 N–H and O–H groups in total. The average Bonchev–Trinajstić information content (AvgIpc) is 2.67. The maximum absolute atomic E-state index is 11.5. The Morgan fingerprint density at radius 3 is 2.61 bits per heavy atom. The fraction of sp³-hybridized carbons (Fsp3) is 0.500. The first-order valence-corrected chi connectivity index (χ1v) is 6.45. The summed E-state index contributed by atoms with van der Waals surface area (Å²) in [5.74, 6) is -0.925. The Morgan fingerprint density at radius 2 is 2.17 bits per heavy atom. The molecule has 0 saturated carbocycles. The molecule has 1 aromatic rings. The lowest BCUT2D eigenvalue weighted by Crippen LogP contribution is -2.38. The van der Waals surface area contributed by atoms with Crippen molar-refractivity contribution < 1.29 is 14.3 Å². The Balaban J connectivity index is 2.54. The first-order valence-electron chi connectivity index (χ1n) is 5.57. The molecule has 0 spiro atoms. The van der Waals surface area contributed by atoms with Crippen LogP contribution in [0.1, 0.15) is 31.7 Å². The molecule has 100 valence electrons. The molecule has 0 aromatic carbocycles.